The summed E-state index contributed by atoms with van der Waals surface area (Å²) in [4.78, 5) is 28.4. The average molecular weight is 546 g/mol. The summed E-state index contributed by atoms with van der Waals surface area (Å²) in [5, 5.41) is 7.20. The molecule has 2 aromatic rings. The average Bonchev–Trinajstić information content (AvgIpc) is 3.35. The van der Waals surface area contributed by atoms with Crippen molar-refractivity contribution < 1.29 is 14.0 Å². The summed E-state index contributed by atoms with van der Waals surface area (Å²) < 4.78 is 15.8. The van der Waals surface area contributed by atoms with Gasteiger partial charge in [-0.05, 0) is 66.8 Å². The predicted octanol–water partition coefficient (Wildman–Crippen LogP) is 7.42. The van der Waals surface area contributed by atoms with E-state index in [0.717, 1.165) is 31.2 Å². The number of amides is 1. The van der Waals surface area contributed by atoms with Crippen molar-refractivity contribution in [3.05, 3.63) is 63.4 Å². The number of rotatable bonds is 6. The smallest absolute Gasteiger partial charge is 0.237 e. The number of hydrogen-bond donors (Lipinski definition) is 2. The van der Waals surface area contributed by atoms with Crippen LogP contribution in [0, 0.1) is 17.7 Å². The Hall–Kier alpha value is -1.95. The SMILES string of the molecule is CCC1(CC)NC(C(=O)CC2CCC(C)CC2)C(c2cccc(Cl)c2F)C12C(=O)Nc1cc(Cl)ccc12. The van der Waals surface area contributed by atoms with Gasteiger partial charge in [0.1, 0.15) is 11.2 Å². The molecule has 7 heteroatoms. The molecule has 5 rings (SSSR count). The van der Waals surface area contributed by atoms with E-state index in [9.17, 15) is 9.59 Å². The zero-order valence-electron chi connectivity index (χ0n) is 21.7. The van der Waals surface area contributed by atoms with Gasteiger partial charge in [0.2, 0.25) is 5.91 Å². The number of nitrogens with one attached hydrogen (secondary N) is 2. The van der Waals surface area contributed by atoms with Gasteiger partial charge in [-0.15, -0.1) is 0 Å². The van der Waals surface area contributed by atoms with Crippen molar-refractivity contribution in [1.29, 1.82) is 0 Å². The van der Waals surface area contributed by atoms with Crippen LogP contribution in [0.3, 0.4) is 0 Å². The highest BCUT2D eigenvalue weighted by Crippen LogP contribution is 2.61. The molecule has 1 saturated heterocycles. The second-order valence-electron chi connectivity index (χ2n) is 11.3. The van der Waals surface area contributed by atoms with Crippen molar-refractivity contribution >= 4 is 40.6 Å². The molecule has 2 aromatic carbocycles. The molecule has 0 radical (unpaired) electrons. The quantitative estimate of drug-likeness (QED) is 0.397. The summed E-state index contributed by atoms with van der Waals surface area (Å²) in [6, 6.07) is 9.53. The molecule has 1 spiro atoms. The first kappa shape index (κ1) is 26.6. The van der Waals surface area contributed by atoms with Crippen LogP contribution in [0.15, 0.2) is 36.4 Å². The molecule has 3 unspecified atom stereocenters. The van der Waals surface area contributed by atoms with Crippen LogP contribution in [-0.4, -0.2) is 23.3 Å². The lowest BCUT2D eigenvalue weighted by atomic mass is 9.57. The lowest BCUT2D eigenvalue weighted by Gasteiger charge is -2.44. The third kappa shape index (κ3) is 4.04. The molecule has 1 aliphatic carbocycles. The molecule has 2 aliphatic heterocycles. The maximum absolute atomic E-state index is 15.8. The molecule has 37 heavy (non-hydrogen) atoms. The van der Waals surface area contributed by atoms with Crippen LogP contribution < -0.4 is 10.6 Å². The fraction of sp³-hybridized carbons (Fsp3) is 0.533. The van der Waals surface area contributed by atoms with E-state index in [1.54, 1.807) is 24.3 Å². The minimum absolute atomic E-state index is 0.0136. The number of Topliss-reactive ketones (excluding diaryl/α,β-unsaturated/α-hetero) is 1. The van der Waals surface area contributed by atoms with Gasteiger partial charge < -0.3 is 5.32 Å². The number of fused-ring (bicyclic) bond motifs is 2. The van der Waals surface area contributed by atoms with Crippen molar-refractivity contribution in [3.8, 4) is 0 Å². The van der Waals surface area contributed by atoms with E-state index in [0.29, 0.717) is 47.4 Å². The second kappa shape index (κ2) is 9.98. The first-order chi connectivity index (χ1) is 17.7. The number of hydrogen-bond acceptors (Lipinski definition) is 3. The summed E-state index contributed by atoms with van der Waals surface area (Å²) in [6.45, 7) is 6.32. The van der Waals surface area contributed by atoms with Gasteiger partial charge in [0, 0.05) is 28.6 Å². The van der Waals surface area contributed by atoms with Crippen molar-refractivity contribution in [2.45, 2.75) is 88.6 Å². The maximum Gasteiger partial charge on any atom is 0.237 e. The zero-order valence-corrected chi connectivity index (χ0v) is 23.2. The van der Waals surface area contributed by atoms with Crippen LogP contribution in [0.2, 0.25) is 10.0 Å². The fourth-order valence-electron chi connectivity index (χ4n) is 7.53. The number of benzene rings is 2. The van der Waals surface area contributed by atoms with Crippen LogP contribution in [0.5, 0.6) is 0 Å². The first-order valence-corrected chi connectivity index (χ1v) is 14.3. The predicted molar refractivity (Wildman–Crippen MR) is 147 cm³/mol. The van der Waals surface area contributed by atoms with E-state index in [1.807, 2.05) is 19.9 Å². The van der Waals surface area contributed by atoms with Gasteiger partial charge in [-0.3, -0.25) is 14.9 Å². The largest absolute Gasteiger partial charge is 0.325 e. The van der Waals surface area contributed by atoms with Gasteiger partial charge in [-0.25, -0.2) is 4.39 Å². The fourth-order valence-corrected chi connectivity index (χ4v) is 7.88. The molecule has 4 nitrogen and oxygen atoms in total. The Labute approximate surface area is 228 Å². The van der Waals surface area contributed by atoms with Crippen molar-refractivity contribution in [1.82, 2.24) is 5.32 Å². The van der Waals surface area contributed by atoms with E-state index < -0.39 is 28.7 Å². The molecule has 3 aliphatic rings. The molecular weight excluding hydrogens is 510 g/mol. The number of ketones is 1. The first-order valence-electron chi connectivity index (χ1n) is 13.5. The number of halogens is 3. The molecule has 2 N–H and O–H groups in total. The van der Waals surface area contributed by atoms with Crippen molar-refractivity contribution in [3.63, 3.8) is 0 Å². The van der Waals surface area contributed by atoms with Gasteiger partial charge in [-0.2, -0.15) is 0 Å². The van der Waals surface area contributed by atoms with Gasteiger partial charge in [-0.1, -0.05) is 75.0 Å². The summed E-state index contributed by atoms with van der Waals surface area (Å²) >= 11 is 12.6. The maximum atomic E-state index is 15.8. The molecule has 2 heterocycles. The number of carbonyl (C=O) groups excluding carboxylic acids is 2. The molecule has 3 atom stereocenters. The van der Waals surface area contributed by atoms with Crippen LogP contribution >= 0.6 is 23.2 Å². The van der Waals surface area contributed by atoms with Crippen LogP contribution in [-0.2, 0) is 15.0 Å². The van der Waals surface area contributed by atoms with Gasteiger partial charge in [0.15, 0.2) is 5.78 Å². The Balaban J connectivity index is 1.70. The van der Waals surface area contributed by atoms with Crippen LogP contribution in [0.4, 0.5) is 10.1 Å². The summed E-state index contributed by atoms with van der Waals surface area (Å²) in [5.41, 5.74) is -0.297. The van der Waals surface area contributed by atoms with Crippen molar-refractivity contribution in [2.75, 3.05) is 5.32 Å². The minimum atomic E-state index is -1.21. The van der Waals surface area contributed by atoms with E-state index in [-0.39, 0.29) is 16.7 Å². The Bertz CT molecular complexity index is 1220. The molecule has 1 amide bonds. The Morgan fingerprint density at radius 2 is 1.78 bits per heavy atom. The minimum Gasteiger partial charge on any atom is -0.325 e. The van der Waals surface area contributed by atoms with E-state index in [4.69, 9.17) is 23.2 Å². The molecule has 0 bridgehead atoms. The summed E-state index contributed by atoms with van der Waals surface area (Å²) in [6.07, 6.45) is 5.89. The van der Waals surface area contributed by atoms with Crippen LogP contribution in [0.1, 0.15) is 82.8 Å². The number of carbonyl (C=O) groups is 2. The van der Waals surface area contributed by atoms with Gasteiger partial charge in [0.05, 0.1) is 11.1 Å². The van der Waals surface area contributed by atoms with E-state index in [1.165, 1.54) is 6.07 Å². The molecular formula is C30H35Cl2FN2O2. The van der Waals surface area contributed by atoms with Gasteiger partial charge >= 0.3 is 0 Å². The third-order valence-electron chi connectivity index (χ3n) is 9.50. The van der Waals surface area contributed by atoms with Gasteiger partial charge in [0.25, 0.3) is 0 Å². The standard InChI is InChI=1S/C30H35Cl2FN2O2/c1-4-29(5-2)30(21-14-13-19(31)16-23(21)34-28(30)37)25(20-7-6-8-22(32)26(20)33)27(35-29)24(36)15-18-11-9-17(3)10-12-18/h6-8,13-14,16-18,25,27,35H,4-5,9-12,15H2,1-3H3,(H,34,37). The Kier molecular flexibility index (Phi) is 7.19. The normalized spacial score (nSPS) is 30.4. The lowest BCUT2D eigenvalue weighted by molar-refractivity contribution is -0.124. The Morgan fingerprint density at radius 3 is 2.46 bits per heavy atom. The Morgan fingerprint density at radius 1 is 1.08 bits per heavy atom. The highest BCUT2D eigenvalue weighted by Gasteiger charge is 2.71. The van der Waals surface area contributed by atoms with Crippen LogP contribution in [0.25, 0.3) is 0 Å². The topological polar surface area (TPSA) is 58.2 Å². The summed E-state index contributed by atoms with van der Waals surface area (Å²) in [5.74, 6) is -0.519. The lowest BCUT2D eigenvalue weighted by Crippen LogP contribution is -2.58. The zero-order chi connectivity index (χ0) is 26.5. The monoisotopic (exact) mass is 544 g/mol. The molecule has 1 saturated carbocycles. The second-order valence-corrected chi connectivity index (χ2v) is 12.1. The highest BCUT2D eigenvalue weighted by atomic mass is 35.5. The van der Waals surface area contributed by atoms with E-state index >= 15 is 4.39 Å². The third-order valence-corrected chi connectivity index (χ3v) is 10.0. The number of anilines is 1. The molecule has 2 fully saturated rings. The molecule has 198 valence electrons. The molecule has 0 aromatic heterocycles. The van der Waals surface area contributed by atoms with Crippen molar-refractivity contribution in [2.24, 2.45) is 11.8 Å². The highest BCUT2D eigenvalue weighted by molar-refractivity contribution is 6.31. The van der Waals surface area contributed by atoms with E-state index in [2.05, 4.69) is 17.6 Å². The summed E-state index contributed by atoms with van der Waals surface area (Å²) in [7, 11) is 0.